The van der Waals surface area contributed by atoms with Crippen LogP contribution in [0.4, 0.5) is 28.4 Å². The Morgan fingerprint density at radius 2 is 1.03 bits per heavy atom. The van der Waals surface area contributed by atoms with Crippen molar-refractivity contribution in [3.8, 4) is 16.8 Å². The number of anilines is 5. The summed E-state index contributed by atoms with van der Waals surface area (Å²) < 4.78 is 5.16. The number of benzene rings is 9. The molecule has 0 saturated carbocycles. The molecule has 284 valence electrons. The van der Waals surface area contributed by atoms with Crippen molar-refractivity contribution in [2.24, 2.45) is 0 Å². The summed E-state index contributed by atoms with van der Waals surface area (Å²) >= 11 is 0. The molecule has 0 spiro atoms. The summed E-state index contributed by atoms with van der Waals surface area (Å²) in [4.78, 5) is 5.15. The fourth-order valence-corrected chi connectivity index (χ4v) is 11.4. The highest BCUT2D eigenvalue weighted by molar-refractivity contribution is 6.94. The SMILES string of the molecule is Cc1ccc(N2B3c4c(cc(N(c5ccccc5)c5ccccc5)cc4-n4c5ccccc5c5cccc3c54)-c3ccc4c5cccc6c7ccccc7n(c4c32)c65)c(C)c1. The first kappa shape index (κ1) is 33.1. The Balaban J connectivity index is 1.21. The monoisotopic (exact) mass is 776 g/mol. The van der Waals surface area contributed by atoms with Gasteiger partial charge in [0.1, 0.15) is 0 Å². The molecule has 5 heterocycles. The van der Waals surface area contributed by atoms with Gasteiger partial charge in [-0.05, 0) is 90.5 Å². The Morgan fingerprint density at radius 1 is 0.426 bits per heavy atom. The lowest BCUT2D eigenvalue weighted by Gasteiger charge is -2.43. The van der Waals surface area contributed by atoms with Gasteiger partial charge in [0.15, 0.2) is 0 Å². The molecule has 61 heavy (non-hydrogen) atoms. The lowest BCUT2D eigenvalue weighted by Crippen LogP contribution is -2.60. The van der Waals surface area contributed by atoms with Crippen LogP contribution in [0, 0.1) is 13.8 Å². The molecule has 2 aliphatic rings. The van der Waals surface area contributed by atoms with Crippen molar-refractivity contribution in [3.63, 3.8) is 0 Å². The van der Waals surface area contributed by atoms with E-state index in [0.717, 1.165) is 17.1 Å². The zero-order valence-electron chi connectivity index (χ0n) is 33.8. The summed E-state index contributed by atoms with van der Waals surface area (Å²) in [7, 11) is 0. The summed E-state index contributed by atoms with van der Waals surface area (Å²) in [6.07, 6.45) is 0. The third-order valence-electron chi connectivity index (χ3n) is 13.7. The minimum atomic E-state index is -0.108. The van der Waals surface area contributed by atoms with E-state index in [0.29, 0.717) is 0 Å². The smallest absolute Gasteiger partial charge is 0.333 e. The molecule has 2 aliphatic heterocycles. The molecule has 12 aromatic rings. The molecule has 0 aliphatic carbocycles. The molecule has 0 fully saturated rings. The lowest BCUT2D eigenvalue weighted by molar-refractivity contribution is 1.17. The Hall–Kier alpha value is -7.76. The third kappa shape index (κ3) is 4.25. The average Bonchev–Trinajstić information content (AvgIpc) is 3.95. The Morgan fingerprint density at radius 3 is 1.77 bits per heavy atom. The summed E-state index contributed by atoms with van der Waals surface area (Å²) in [5.74, 6) is 0. The predicted molar refractivity (Wildman–Crippen MR) is 259 cm³/mol. The van der Waals surface area contributed by atoms with Crippen molar-refractivity contribution in [1.29, 1.82) is 0 Å². The number of aryl methyl sites for hydroxylation is 2. The van der Waals surface area contributed by atoms with Crippen LogP contribution in [0.5, 0.6) is 0 Å². The normalized spacial score (nSPS) is 13.0. The fraction of sp³-hybridized carbons (Fsp3) is 0.0357. The second-order valence-electron chi connectivity index (χ2n) is 17.0. The highest BCUT2D eigenvalue weighted by Gasteiger charge is 2.46. The van der Waals surface area contributed by atoms with Crippen molar-refractivity contribution in [2.45, 2.75) is 13.8 Å². The van der Waals surface area contributed by atoms with Crippen LogP contribution < -0.4 is 20.6 Å². The number of para-hydroxylation sites is 6. The van der Waals surface area contributed by atoms with Crippen molar-refractivity contribution in [1.82, 2.24) is 8.97 Å². The maximum atomic E-state index is 2.73. The van der Waals surface area contributed by atoms with Gasteiger partial charge < -0.3 is 18.7 Å². The van der Waals surface area contributed by atoms with Crippen LogP contribution >= 0.6 is 0 Å². The quantitative estimate of drug-likeness (QED) is 0.166. The topological polar surface area (TPSA) is 15.8 Å². The van der Waals surface area contributed by atoms with E-state index >= 15 is 0 Å². The van der Waals surface area contributed by atoms with Crippen LogP contribution in [0.25, 0.3) is 76.7 Å². The van der Waals surface area contributed by atoms with Crippen LogP contribution in [-0.2, 0) is 0 Å². The number of hydrogen-bond donors (Lipinski definition) is 0. The zero-order valence-corrected chi connectivity index (χ0v) is 33.8. The molecule has 4 nitrogen and oxygen atoms in total. The molecular formula is C56H37BN4. The molecular weight excluding hydrogens is 739 g/mol. The zero-order chi connectivity index (χ0) is 40.1. The lowest BCUT2D eigenvalue weighted by atomic mass is 9.44. The average molecular weight is 777 g/mol. The van der Waals surface area contributed by atoms with Gasteiger partial charge >= 0.3 is 6.85 Å². The van der Waals surface area contributed by atoms with Gasteiger partial charge in [0, 0.05) is 66.3 Å². The van der Waals surface area contributed by atoms with Crippen LogP contribution in [0.3, 0.4) is 0 Å². The molecule has 3 aromatic heterocycles. The van der Waals surface area contributed by atoms with Gasteiger partial charge in [-0.15, -0.1) is 0 Å². The number of nitrogens with zero attached hydrogens (tertiary/aromatic N) is 4. The third-order valence-corrected chi connectivity index (χ3v) is 13.7. The first-order valence-corrected chi connectivity index (χ1v) is 21.3. The number of aromatic nitrogens is 2. The summed E-state index contributed by atoms with van der Waals surface area (Å²) in [6.45, 7) is 4.39. The van der Waals surface area contributed by atoms with Crippen molar-refractivity contribution in [3.05, 3.63) is 199 Å². The number of rotatable bonds is 4. The standard InChI is InChI=1S/C56H37BN4/c1-34-27-30-48(35(2)31-34)61-56-45(29-28-44-43-22-13-21-41-39-19-10-12-26-50(39)60(53(41)43)55(44)56)46-32-38(58(36-15-5-3-6-16-36)37-17-7-4-8-18-37)33-51-52(46)57(61)47-24-14-23-42-40-20-9-11-25-49(40)59(51)54(42)47/h3-33H,1-2H3. The molecule has 0 N–H and O–H groups in total. The summed E-state index contributed by atoms with van der Waals surface area (Å²) in [6, 6.07) is 70.2. The van der Waals surface area contributed by atoms with Crippen molar-refractivity contribution >= 4 is 106 Å². The van der Waals surface area contributed by atoms with Gasteiger partial charge in [0.05, 0.1) is 33.3 Å². The van der Waals surface area contributed by atoms with E-state index in [1.807, 2.05) is 0 Å². The molecule has 9 aromatic carbocycles. The van der Waals surface area contributed by atoms with Crippen LogP contribution in [0.2, 0.25) is 0 Å². The van der Waals surface area contributed by atoms with Crippen LogP contribution in [0.1, 0.15) is 11.1 Å². The highest BCUT2D eigenvalue weighted by atomic mass is 15.2. The van der Waals surface area contributed by atoms with Crippen LogP contribution in [0.15, 0.2) is 188 Å². The molecule has 0 saturated heterocycles. The fourth-order valence-electron chi connectivity index (χ4n) is 11.4. The van der Waals surface area contributed by atoms with E-state index in [4.69, 9.17) is 0 Å². The second kappa shape index (κ2) is 11.9. The van der Waals surface area contributed by atoms with Crippen molar-refractivity contribution in [2.75, 3.05) is 9.71 Å². The van der Waals surface area contributed by atoms with Gasteiger partial charge in [-0.25, -0.2) is 0 Å². The number of hydrogen-bond acceptors (Lipinski definition) is 2. The van der Waals surface area contributed by atoms with E-state index in [-0.39, 0.29) is 6.85 Å². The predicted octanol–water partition coefficient (Wildman–Crippen LogP) is 13.3. The van der Waals surface area contributed by atoms with E-state index in [2.05, 4.69) is 221 Å². The largest absolute Gasteiger partial charge is 0.374 e. The van der Waals surface area contributed by atoms with Gasteiger partial charge in [0.2, 0.25) is 0 Å². The summed E-state index contributed by atoms with van der Waals surface area (Å²) in [5, 5.41) is 7.70. The summed E-state index contributed by atoms with van der Waals surface area (Å²) in [5.41, 5.74) is 21.0. The van der Waals surface area contributed by atoms with E-state index < -0.39 is 0 Å². The second-order valence-corrected chi connectivity index (χ2v) is 17.0. The highest BCUT2D eigenvalue weighted by Crippen LogP contribution is 2.52. The first-order chi connectivity index (χ1) is 30.1. The van der Waals surface area contributed by atoms with Gasteiger partial charge in [-0.1, -0.05) is 139 Å². The molecule has 0 amide bonds. The van der Waals surface area contributed by atoms with Gasteiger partial charge in [-0.2, -0.15) is 0 Å². The van der Waals surface area contributed by atoms with Crippen molar-refractivity contribution < 1.29 is 0 Å². The van der Waals surface area contributed by atoms with Gasteiger partial charge in [0.25, 0.3) is 0 Å². The minimum Gasteiger partial charge on any atom is -0.374 e. The molecule has 0 atom stereocenters. The molecule has 0 radical (unpaired) electrons. The number of fused-ring (bicyclic) bond motifs is 14. The Bertz CT molecular complexity index is 3770. The Labute approximate surface area is 353 Å². The maximum Gasteiger partial charge on any atom is 0.333 e. The maximum absolute atomic E-state index is 2.73. The molecule has 0 unspecified atom stereocenters. The van der Waals surface area contributed by atoms with E-state index in [1.165, 1.54) is 110 Å². The minimum absolute atomic E-state index is 0.108. The first-order valence-electron chi connectivity index (χ1n) is 21.3. The Kier molecular flexibility index (Phi) is 6.48. The van der Waals surface area contributed by atoms with Crippen LogP contribution in [-0.4, -0.2) is 15.8 Å². The molecule has 14 rings (SSSR count). The van der Waals surface area contributed by atoms with Gasteiger partial charge in [-0.3, -0.25) is 0 Å². The van der Waals surface area contributed by atoms with E-state index in [1.54, 1.807) is 0 Å². The van der Waals surface area contributed by atoms with E-state index in [9.17, 15) is 0 Å². The molecule has 5 heteroatoms. The molecule has 0 bridgehead atoms.